The Morgan fingerprint density at radius 1 is 1.05 bits per heavy atom. The van der Waals surface area contributed by atoms with Gasteiger partial charge in [-0.3, -0.25) is 4.79 Å². The summed E-state index contributed by atoms with van der Waals surface area (Å²) in [4.78, 5) is 21.2. The topological polar surface area (TPSA) is 104 Å². The molecule has 1 atom stereocenters. The number of fused-ring (bicyclic) bond motifs is 1. The standard InChI is InChI=1S/C27H23BrN4O3S2/c1-17-6-8-18(9-7-17)25-16-36-27(30-25)31-26(33)24(14-19-15-29-23-5-3-2-4-22(19)23)32-37(34,35)21-12-10-20(28)11-13-21/h2-13,15-16,24,29,32H,14H2,1H3,(H,30,31,33). The predicted molar refractivity (Wildman–Crippen MR) is 151 cm³/mol. The van der Waals surface area contributed by atoms with Crippen molar-refractivity contribution in [2.45, 2.75) is 24.3 Å². The number of sulfonamides is 1. The Kier molecular flexibility index (Phi) is 7.25. The lowest BCUT2D eigenvalue weighted by atomic mass is 10.1. The van der Waals surface area contributed by atoms with E-state index in [9.17, 15) is 13.2 Å². The molecule has 2 aromatic heterocycles. The first-order chi connectivity index (χ1) is 17.8. The number of aryl methyl sites for hydroxylation is 1. The number of aromatic nitrogens is 2. The molecule has 0 saturated heterocycles. The molecule has 188 valence electrons. The molecule has 0 saturated carbocycles. The molecule has 0 fully saturated rings. The first kappa shape index (κ1) is 25.3. The van der Waals surface area contributed by atoms with E-state index in [1.54, 1.807) is 18.3 Å². The molecule has 1 unspecified atom stereocenters. The largest absolute Gasteiger partial charge is 0.361 e. The van der Waals surface area contributed by atoms with Crippen LogP contribution in [0.15, 0.2) is 93.7 Å². The molecule has 0 aliphatic heterocycles. The molecule has 3 aromatic carbocycles. The number of carbonyl (C=O) groups is 1. The van der Waals surface area contributed by atoms with Crippen LogP contribution in [-0.4, -0.2) is 30.3 Å². The van der Waals surface area contributed by atoms with E-state index in [-0.39, 0.29) is 11.3 Å². The summed E-state index contributed by atoms with van der Waals surface area (Å²) < 4.78 is 29.7. The van der Waals surface area contributed by atoms with E-state index in [2.05, 4.69) is 35.9 Å². The number of nitrogens with zero attached hydrogens (tertiary/aromatic N) is 1. The van der Waals surface area contributed by atoms with Crippen LogP contribution < -0.4 is 10.0 Å². The van der Waals surface area contributed by atoms with Gasteiger partial charge in [-0.25, -0.2) is 13.4 Å². The molecular weight excluding hydrogens is 572 g/mol. The van der Waals surface area contributed by atoms with Crippen molar-refractivity contribution in [1.82, 2.24) is 14.7 Å². The summed E-state index contributed by atoms with van der Waals surface area (Å²) in [6, 6.07) is 20.8. The van der Waals surface area contributed by atoms with Crippen LogP contribution in [0, 0.1) is 6.92 Å². The number of H-pyrrole nitrogens is 1. The first-order valence-corrected chi connectivity index (χ1v) is 14.6. The fourth-order valence-electron chi connectivity index (χ4n) is 3.96. The number of hydrogen-bond acceptors (Lipinski definition) is 5. The molecule has 0 aliphatic rings. The number of para-hydroxylation sites is 1. The highest BCUT2D eigenvalue weighted by molar-refractivity contribution is 9.10. The van der Waals surface area contributed by atoms with Crippen molar-refractivity contribution in [1.29, 1.82) is 0 Å². The number of amides is 1. The molecule has 2 heterocycles. The van der Waals surface area contributed by atoms with E-state index in [1.807, 2.05) is 60.8 Å². The zero-order valence-electron chi connectivity index (χ0n) is 19.7. The van der Waals surface area contributed by atoms with Gasteiger partial charge >= 0.3 is 0 Å². The lowest BCUT2D eigenvalue weighted by Gasteiger charge is -2.18. The summed E-state index contributed by atoms with van der Waals surface area (Å²) in [6.07, 6.45) is 1.96. The lowest BCUT2D eigenvalue weighted by Crippen LogP contribution is -2.45. The van der Waals surface area contributed by atoms with Gasteiger partial charge in [0.2, 0.25) is 15.9 Å². The highest BCUT2D eigenvalue weighted by Gasteiger charge is 2.28. The van der Waals surface area contributed by atoms with Gasteiger partial charge in [-0.05, 0) is 49.2 Å². The van der Waals surface area contributed by atoms with E-state index in [0.717, 1.165) is 37.8 Å². The van der Waals surface area contributed by atoms with Gasteiger partial charge in [0.25, 0.3) is 0 Å². The van der Waals surface area contributed by atoms with Gasteiger partial charge in [0, 0.05) is 32.5 Å². The number of aromatic amines is 1. The second-order valence-corrected chi connectivity index (χ2v) is 12.1. The van der Waals surface area contributed by atoms with Gasteiger partial charge in [-0.2, -0.15) is 4.72 Å². The van der Waals surface area contributed by atoms with Gasteiger partial charge in [-0.1, -0.05) is 64.0 Å². The molecule has 7 nitrogen and oxygen atoms in total. The first-order valence-electron chi connectivity index (χ1n) is 11.4. The Hall–Kier alpha value is -3.31. The molecular formula is C27H23BrN4O3S2. The number of anilines is 1. The maximum atomic E-state index is 13.4. The zero-order chi connectivity index (χ0) is 26.0. The van der Waals surface area contributed by atoms with Gasteiger partial charge < -0.3 is 10.3 Å². The Labute approximate surface area is 227 Å². The van der Waals surface area contributed by atoms with Crippen LogP contribution in [-0.2, 0) is 21.2 Å². The van der Waals surface area contributed by atoms with Crippen LogP contribution in [0.5, 0.6) is 0 Å². The highest BCUT2D eigenvalue weighted by atomic mass is 79.9. The third-order valence-corrected chi connectivity index (χ3v) is 8.69. The number of rotatable bonds is 8. The zero-order valence-corrected chi connectivity index (χ0v) is 23.0. The Balaban J connectivity index is 1.42. The van der Waals surface area contributed by atoms with Crippen molar-refractivity contribution < 1.29 is 13.2 Å². The quantitative estimate of drug-likeness (QED) is 0.208. The third kappa shape index (κ3) is 5.83. The van der Waals surface area contributed by atoms with E-state index in [0.29, 0.717) is 5.13 Å². The number of nitrogens with one attached hydrogen (secondary N) is 3. The monoisotopic (exact) mass is 594 g/mol. The van der Waals surface area contributed by atoms with E-state index in [1.165, 1.54) is 23.5 Å². The molecule has 37 heavy (non-hydrogen) atoms. The number of thiazole rings is 1. The van der Waals surface area contributed by atoms with Crippen LogP contribution in [0.2, 0.25) is 0 Å². The summed E-state index contributed by atoms with van der Waals surface area (Å²) in [5.41, 5.74) is 4.56. The highest BCUT2D eigenvalue weighted by Crippen LogP contribution is 2.26. The lowest BCUT2D eigenvalue weighted by molar-refractivity contribution is -0.117. The molecule has 3 N–H and O–H groups in total. The second kappa shape index (κ2) is 10.6. The van der Waals surface area contributed by atoms with Crippen LogP contribution >= 0.6 is 27.3 Å². The number of carbonyl (C=O) groups excluding carboxylic acids is 1. The summed E-state index contributed by atoms with van der Waals surface area (Å²) in [7, 11) is -3.97. The molecule has 1 amide bonds. The van der Waals surface area contributed by atoms with Gasteiger partial charge in [-0.15, -0.1) is 11.3 Å². The fourth-order valence-corrected chi connectivity index (χ4v) is 6.14. The molecule has 0 spiro atoms. The Morgan fingerprint density at radius 2 is 1.78 bits per heavy atom. The average Bonchev–Trinajstić information content (AvgIpc) is 3.51. The maximum Gasteiger partial charge on any atom is 0.244 e. The minimum absolute atomic E-state index is 0.0725. The molecule has 0 radical (unpaired) electrons. The van der Waals surface area contributed by atoms with Gasteiger partial charge in [0.15, 0.2) is 5.13 Å². The smallest absolute Gasteiger partial charge is 0.244 e. The van der Waals surface area contributed by atoms with Gasteiger partial charge in [0.05, 0.1) is 10.6 Å². The van der Waals surface area contributed by atoms with E-state index in [4.69, 9.17) is 0 Å². The molecule has 5 rings (SSSR count). The van der Waals surface area contributed by atoms with E-state index < -0.39 is 22.0 Å². The van der Waals surface area contributed by atoms with Crippen molar-refractivity contribution >= 4 is 59.2 Å². The molecule has 5 aromatic rings. The van der Waals surface area contributed by atoms with Crippen molar-refractivity contribution in [2.75, 3.05) is 5.32 Å². The molecule has 0 aliphatic carbocycles. The molecule has 0 bridgehead atoms. The van der Waals surface area contributed by atoms with Crippen LogP contribution in [0.25, 0.3) is 22.2 Å². The predicted octanol–water partition coefficient (Wildman–Crippen LogP) is 5.89. The normalized spacial score (nSPS) is 12.5. The number of hydrogen-bond donors (Lipinski definition) is 3. The minimum atomic E-state index is -3.97. The minimum Gasteiger partial charge on any atom is -0.361 e. The summed E-state index contributed by atoms with van der Waals surface area (Å²) in [5, 5.41) is 6.00. The van der Waals surface area contributed by atoms with Crippen molar-refractivity contribution in [3.8, 4) is 11.3 Å². The van der Waals surface area contributed by atoms with Crippen LogP contribution in [0.3, 0.4) is 0 Å². The average molecular weight is 596 g/mol. The maximum absolute atomic E-state index is 13.4. The van der Waals surface area contributed by atoms with Crippen molar-refractivity contribution in [3.63, 3.8) is 0 Å². The summed E-state index contributed by atoms with van der Waals surface area (Å²) in [5.74, 6) is -0.490. The second-order valence-electron chi connectivity index (χ2n) is 8.58. The van der Waals surface area contributed by atoms with Crippen molar-refractivity contribution in [3.05, 3.63) is 100.0 Å². The Bertz CT molecular complexity index is 1660. The summed E-state index contributed by atoms with van der Waals surface area (Å²) in [6.45, 7) is 2.01. The van der Waals surface area contributed by atoms with Crippen LogP contribution in [0.4, 0.5) is 5.13 Å². The van der Waals surface area contributed by atoms with E-state index >= 15 is 0 Å². The number of halogens is 1. The molecule has 10 heteroatoms. The van der Waals surface area contributed by atoms with Crippen LogP contribution in [0.1, 0.15) is 11.1 Å². The fraction of sp³-hybridized carbons (Fsp3) is 0.111. The van der Waals surface area contributed by atoms with Crippen molar-refractivity contribution in [2.24, 2.45) is 0 Å². The number of benzene rings is 3. The Morgan fingerprint density at radius 3 is 2.54 bits per heavy atom. The van der Waals surface area contributed by atoms with Gasteiger partial charge in [0.1, 0.15) is 6.04 Å². The SMILES string of the molecule is Cc1ccc(-c2csc(NC(=O)C(Cc3c[nH]c4ccccc34)NS(=O)(=O)c3ccc(Br)cc3)n2)cc1. The third-order valence-electron chi connectivity index (χ3n) is 5.92. The summed E-state index contributed by atoms with van der Waals surface area (Å²) >= 11 is 4.61.